The van der Waals surface area contributed by atoms with Crippen LogP contribution in [0.2, 0.25) is 0 Å². The number of hydrogen-bond acceptors (Lipinski definition) is 4. The summed E-state index contributed by atoms with van der Waals surface area (Å²) in [5, 5.41) is 5.37. The van der Waals surface area contributed by atoms with Crippen molar-refractivity contribution in [2.24, 2.45) is 5.73 Å². The van der Waals surface area contributed by atoms with Crippen LogP contribution in [0.3, 0.4) is 0 Å². The van der Waals surface area contributed by atoms with Gasteiger partial charge in [-0.2, -0.15) is 0 Å². The molecule has 1 fully saturated rings. The average molecular weight is 497 g/mol. The van der Waals surface area contributed by atoms with Crippen LogP contribution in [-0.2, 0) is 19.2 Å². The minimum absolute atomic E-state index is 0.186. The van der Waals surface area contributed by atoms with E-state index in [9.17, 15) is 23.6 Å². The Hall–Kier alpha value is -3.75. The number of carbonyl (C=O) groups excluding carboxylic acids is 4. The van der Waals surface area contributed by atoms with Crippen LogP contribution >= 0.6 is 0 Å². The van der Waals surface area contributed by atoms with Crippen LogP contribution in [0.1, 0.15) is 62.3 Å². The van der Waals surface area contributed by atoms with Crippen molar-refractivity contribution < 1.29 is 23.6 Å². The van der Waals surface area contributed by atoms with Crippen molar-refractivity contribution in [1.82, 2.24) is 15.5 Å². The molecule has 8 nitrogen and oxygen atoms in total. The van der Waals surface area contributed by atoms with Gasteiger partial charge in [0.15, 0.2) is 0 Å². The Morgan fingerprint density at radius 3 is 2.11 bits per heavy atom. The second-order valence-corrected chi connectivity index (χ2v) is 9.44. The predicted molar refractivity (Wildman–Crippen MR) is 133 cm³/mol. The average Bonchev–Trinajstić information content (AvgIpc) is 3.23. The second-order valence-electron chi connectivity index (χ2n) is 9.44. The first-order valence-electron chi connectivity index (χ1n) is 12.0. The zero-order chi connectivity index (χ0) is 26.4. The van der Waals surface area contributed by atoms with E-state index in [0.717, 1.165) is 21.6 Å². The molecule has 1 aliphatic heterocycles. The van der Waals surface area contributed by atoms with Gasteiger partial charge in [0.05, 0.1) is 19.0 Å². The minimum Gasteiger partial charge on any atom is -0.370 e. The van der Waals surface area contributed by atoms with Crippen LogP contribution < -0.4 is 16.4 Å². The van der Waals surface area contributed by atoms with E-state index in [4.69, 9.17) is 5.73 Å². The SMILES string of the molecule is CC(=O)N[C@H](CC(N)=O)C(=O)N1C[C@H](F)C[C@H]1C(=O)N[C@@H](c1ccccc1)c1ccc(C(C)C)cc1. The minimum atomic E-state index is -1.42. The van der Waals surface area contributed by atoms with Gasteiger partial charge in [0.1, 0.15) is 18.3 Å². The molecule has 1 heterocycles. The van der Waals surface area contributed by atoms with Gasteiger partial charge in [0.25, 0.3) is 0 Å². The first kappa shape index (κ1) is 26.8. The number of alkyl halides is 1. The van der Waals surface area contributed by atoms with E-state index in [-0.39, 0.29) is 13.0 Å². The molecule has 0 radical (unpaired) electrons. The van der Waals surface area contributed by atoms with Crippen molar-refractivity contribution in [1.29, 1.82) is 0 Å². The van der Waals surface area contributed by atoms with Crippen LogP contribution in [-0.4, -0.2) is 53.3 Å². The molecule has 0 saturated carbocycles. The smallest absolute Gasteiger partial charge is 0.246 e. The van der Waals surface area contributed by atoms with E-state index in [1.165, 1.54) is 6.92 Å². The topological polar surface area (TPSA) is 122 Å². The highest BCUT2D eigenvalue weighted by molar-refractivity contribution is 5.95. The number of amides is 4. The summed E-state index contributed by atoms with van der Waals surface area (Å²) in [6.45, 7) is 5.07. The number of nitrogens with one attached hydrogen (secondary N) is 2. The number of primary amides is 1. The summed E-state index contributed by atoms with van der Waals surface area (Å²) < 4.78 is 14.5. The molecule has 0 spiro atoms. The monoisotopic (exact) mass is 496 g/mol. The largest absolute Gasteiger partial charge is 0.370 e. The Labute approximate surface area is 210 Å². The van der Waals surface area contributed by atoms with Gasteiger partial charge in [0.2, 0.25) is 23.6 Å². The van der Waals surface area contributed by atoms with Crippen molar-refractivity contribution in [2.75, 3.05) is 6.54 Å². The van der Waals surface area contributed by atoms with Crippen LogP contribution in [0.4, 0.5) is 4.39 Å². The lowest BCUT2D eigenvalue weighted by molar-refractivity contribution is -0.142. The zero-order valence-corrected chi connectivity index (χ0v) is 20.7. The van der Waals surface area contributed by atoms with E-state index in [1.807, 2.05) is 54.6 Å². The van der Waals surface area contributed by atoms with Gasteiger partial charge in [-0.3, -0.25) is 19.2 Å². The zero-order valence-electron chi connectivity index (χ0n) is 20.7. The summed E-state index contributed by atoms with van der Waals surface area (Å²) in [4.78, 5) is 50.7. The van der Waals surface area contributed by atoms with Gasteiger partial charge in [-0.15, -0.1) is 0 Å². The maximum absolute atomic E-state index is 14.5. The Bertz CT molecular complexity index is 1070. The second kappa shape index (κ2) is 11.8. The van der Waals surface area contributed by atoms with Crippen LogP contribution in [0, 0.1) is 0 Å². The summed E-state index contributed by atoms with van der Waals surface area (Å²) >= 11 is 0. The van der Waals surface area contributed by atoms with Crippen molar-refractivity contribution in [3.63, 3.8) is 0 Å². The molecule has 4 amide bonds. The van der Waals surface area contributed by atoms with E-state index >= 15 is 0 Å². The quantitative estimate of drug-likeness (QED) is 0.493. The van der Waals surface area contributed by atoms with Crippen molar-refractivity contribution >= 4 is 23.6 Å². The third kappa shape index (κ3) is 6.68. The Kier molecular flexibility index (Phi) is 8.79. The predicted octanol–water partition coefficient (Wildman–Crippen LogP) is 2.33. The van der Waals surface area contributed by atoms with Crippen molar-refractivity contribution in [3.8, 4) is 0 Å². The molecule has 0 bridgehead atoms. The lowest BCUT2D eigenvalue weighted by Crippen LogP contribution is -2.54. The molecular weight excluding hydrogens is 463 g/mol. The molecule has 0 aliphatic carbocycles. The number of hydrogen-bond donors (Lipinski definition) is 3. The summed E-state index contributed by atoms with van der Waals surface area (Å²) in [6.07, 6.45) is -2.05. The summed E-state index contributed by atoms with van der Waals surface area (Å²) in [5.74, 6) is -2.23. The molecule has 1 aliphatic rings. The molecule has 2 aromatic carbocycles. The molecule has 0 unspecified atom stereocenters. The lowest BCUT2D eigenvalue weighted by Gasteiger charge is -2.29. The number of halogens is 1. The highest BCUT2D eigenvalue weighted by Gasteiger charge is 2.43. The maximum atomic E-state index is 14.5. The number of benzene rings is 2. The van der Waals surface area contributed by atoms with E-state index < -0.39 is 54.3 Å². The van der Waals surface area contributed by atoms with Crippen molar-refractivity contribution in [2.45, 2.75) is 63.8 Å². The fraction of sp³-hybridized carbons (Fsp3) is 0.407. The van der Waals surface area contributed by atoms with E-state index in [0.29, 0.717) is 5.92 Å². The summed E-state index contributed by atoms with van der Waals surface area (Å²) in [5.41, 5.74) is 8.07. The highest BCUT2D eigenvalue weighted by Crippen LogP contribution is 2.27. The van der Waals surface area contributed by atoms with Gasteiger partial charge in [0, 0.05) is 13.3 Å². The maximum Gasteiger partial charge on any atom is 0.246 e. The van der Waals surface area contributed by atoms with Crippen molar-refractivity contribution in [3.05, 3.63) is 71.3 Å². The summed E-state index contributed by atoms with van der Waals surface area (Å²) in [6, 6.07) is 14.4. The van der Waals surface area contributed by atoms with Crippen LogP contribution in [0.25, 0.3) is 0 Å². The number of likely N-dealkylation sites (tertiary alicyclic amines) is 1. The van der Waals surface area contributed by atoms with E-state index in [1.54, 1.807) is 0 Å². The van der Waals surface area contributed by atoms with Gasteiger partial charge in [-0.25, -0.2) is 4.39 Å². The van der Waals surface area contributed by atoms with Gasteiger partial charge >= 0.3 is 0 Å². The Morgan fingerprint density at radius 1 is 0.972 bits per heavy atom. The molecule has 9 heteroatoms. The third-order valence-electron chi connectivity index (χ3n) is 6.27. The number of rotatable bonds is 9. The standard InChI is InChI=1S/C27H33FN4O4/c1-16(2)18-9-11-20(12-10-18)25(19-7-5-4-6-8-19)31-26(35)23-13-21(28)15-32(23)27(36)22(14-24(29)34)30-17(3)33/h4-12,16,21-23,25H,13-15H2,1-3H3,(H2,29,34)(H,30,33)(H,31,35)/t21-,22-,23+,25+/m1/s1. The van der Waals surface area contributed by atoms with Gasteiger partial charge < -0.3 is 21.3 Å². The first-order valence-corrected chi connectivity index (χ1v) is 12.0. The fourth-order valence-electron chi connectivity index (χ4n) is 4.44. The molecule has 3 rings (SSSR count). The summed E-state index contributed by atoms with van der Waals surface area (Å²) in [7, 11) is 0. The van der Waals surface area contributed by atoms with Gasteiger partial charge in [-0.1, -0.05) is 68.4 Å². The molecule has 0 aromatic heterocycles. The Morgan fingerprint density at radius 2 is 1.56 bits per heavy atom. The van der Waals surface area contributed by atoms with Crippen LogP contribution in [0.15, 0.2) is 54.6 Å². The molecule has 4 N–H and O–H groups in total. The molecule has 4 atom stereocenters. The number of nitrogens with two attached hydrogens (primary N) is 1. The van der Waals surface area contributed by atoms with Gasteiger partial charge in [-0.05, 0) is 22.6 Å². The highest BCUT2D eigenvalue weighted by atomic mass is 19.1. The van der Waals surface area contributed by atoms with E-state index in [2.05, 4.69) is 24.5 Å². The molecule has 192 valence electrons. The fourth-order valence-corrected chi connectivity index (χ4v) is 4.44. The first-order chi connectivity index (χ1) is 17.1. The molecular formula is C27H33FN4O4. The molecule has 1 saturated heterocycles. The molecule has 36 heavy (non-hydrogen) atoms. The number of carbonyl (C=O) groups is 4. The molecule has 2 aromatic rings. The third-order valence-corrected chi connectivity index (χ3v) is 6.27. The van der Waals surface area contributed by atoms with Crippen LogP contribution in [0.5, 0.6) is 0 Å². The number of nitrogens with zero attached hydrogens (tertiary/aromatic N) is 1. The Balaban J connectivity index is 1.87. The lowest BCUT2D eigenvalue weighted by atomic mass is 9.95. The normalized spacial score (nSPS) is 19.0.